The Kier molecular flexibility index (Phi) is 5.81. The number of aromatic carboxylic acids is 1. The van der Waals surface area contributed by atoms with Gasteiger partial charge in [0.15, 0.2) is 0 Å². The molecule has 1 fully saturated rings. The largest absolute Gasteiger partial charge is 0.495 e. The summed E-state index contributed by atoms with van der Waals surface area (Å²) in [5.41, 5.74) is 0.860. The molecule has 144 valence electrons. The third-order valence-corrected chi connectivity index (χ3v) is 6.55. The van der Waals surface area contributed by atoms with Crippen molar-refractivity contribution in [2.45, 2.75) is 4.90 Å². The maximum absolute atomic E-state index is 12.7. The lowest BCUT2D eigenvalue weighted by atomic mass is 10.1. The summed E-state index contributed by atoms with van der Waals surface area (Å²) in [5, 5.41) is 9.59. The Bertz CT molecular complexity index is 941. The molecule has 0 saturated carbocycles. The Hall–Kier alpha value is -2.39. The Labute approximate surface area is 162 Å². The molecule has 0 unspecified atom stereocenters. The van der Waals surface area contributed by atoms with Crippen molar-refractivity contribution >= 4 is 39.1 Å². The van der Waals surface area contributed by atoms with Gasteiger partial charge in [-0.15, -0.1) is 0 Å². The summed E-state index contributed by atoms with van der Waals surface area (Å²) in [4.78, 5) is 13.7. The first-order valence-corrected chi connectivity index (χ1v) is 10.9. The standard InChI is InChI=1S/C18H20N2O5S2/c1-25-16-4-2-3-5-17(16)27(23,24)19-13-6-7-15(14(12-13)18(21)22)20-8-10-26-11-9-20/h2-7,12,19H,8-11H2,1H3,(H,21,22). The summed E-state index contributed by atoms with van der Waals surface area (Å²) < 4.78 is 32.9. The van der Waals surface area contributed by atoms with Crippen molar-refractivity contribution in [3.63, 3.8) is 0 Å². The molecule has 2 aromatic carbocycles. The maximum Gasteiger partial charge on any atom is 0.337 e. The Morgan fingerprint density at radius 2 is 1.89 bits per heavy atom. The summed E-state index contributed by atoms with van der Waals surface area (Å²) in [7, 11) is -2.53. The molecule has 0 bridgehead atoms. The highest BCUT2D eigenvalue weighted by atomic mass is 32.2. The molecule has 1 aliphatic heterocycles. The van der Waals surface area contributed by atoms with Crippen LogP contribution in [-0.2, 0) is 10.0 Å². The van der Waals surface area contributed by atoms with Gasteiger partial charge in [-0.1, -0.05) is 12.1 Å². The van der Waals surface area contributed by atoms with Gasteiger partial charge in [-0.05, 0) is 30.3 Å². The van der Waals surface area contributed by atoms with E-state index in [1.807, 2.05) is 16.7 Å². The molecule has 2 aromatic rings. The number of para-hydroxylation sites is 1. The van der Waals surface area contributed by atoms with Gasteiger partial charge in [-0.25, -0.2) is 13.2 Å². The van der Waals surface area contributed by atoms with Crippen LogP contribution < -0.4 is 14.4 Å². The van der Waals surface area contributed by atoms with Crippen molar-refractivity contribution < 1.29 is 23.1 Å². The van der Waals surface area contributed by atoms with E-state index < -0.39 is 16.0 Å². The smallest absolute Gasteiger partial charge is 0.337 e. The fourth-order valence-electron chi connectivity index (χ4n) is 2.90. The van der Waals surface area contributed by atoms with Crippen LogP contribution in [0.15, 0.2) is 47.4 Å². The summed E-state index contributed by atoms with van der Waals surface area (Å²) in [6.45, 7) is 1.52. The Balaban J connectivity index is 1.93. The molecule has 3 rings (SSSR count). The quantitative estimate of drug-likeness (QED) is 0.759. The van der Waals surface area contributed by atoms with Gasteiger partial charge in [0.25, 0.3) is 10.0 Å². The minimum absolute atomic E-state index is 0.0125. The minimum Gasteiger partial charge on any atom is -0.495 e. The molecule has 1 saturated heterocycles. The first-order chi connectivity index (χ1) is 12.9. The van der Waals surface area contributed by atoms with Gasteiger partial charge in [0, 0.05) is 30.3 Å². The van der Waals surface area contributed by atoms with Crippen LogP contribution in [0.3, 0.4) is 0 Å². The number of thioether (sulfide) groups is 1. The maximum atomic E-state index is 12.7. The molecule has 9 heteroatoms. The molecule has 0 aliphatic carbocycles. The van der Waals surface area contributed by atoms with E-state index in [2.05, 4.69) is 4.72 Å². The molecule has 0 atom stereocenters. The second-order valence-electron chi connectivity index (χ2n) is 5.89. The molecule has 2 N–H and O–H groups in total. The molecular weight excluding hydrogens is 388 g/mol. The predicted octanol–water partition coefficient (Wildman–Crippen LogP) is 2.75. The number of nitrogens with one attached hydrogen (secondary N) is 1. The predicted molar refractivity (Wildman–Crippen MR) is 107 cm³/mol. The molecule has 7 nitrogen and oxygen atoms in total. The zero-order valence-corrected chi connectivity index (χ0v) is 16.3. The van der Waals surface area contributed by atoms with E-state index in [4.69, 9.17) is 4.74 Å². The Morgan fingerprint density at radius 1 is 1.19 bits per heavy atom. The lowest BCUT2D eigenvalue weighted by Gasteiger charge is -2.29. The van der Waals surface area contributed by atoms with Crippen LogP contribution in [0.1, 0.15) is 10.4 Å². The number of hydrogen-bond acceptors (Lipinski definition) is 6. The van der Waals surface area contributed by atoms with E-state index in [1.165, 1.54) is 19.2 Å². The number of methoxy groups -OCH3 is 1. The van der Waals surface area contributed by atoms with Crippen LogP contribution in [0.2, 0.25) is 0 Å². The SMILES string of the molecule is COc1ccccc1S(=O)(=O)Nc1ccc(N2CCSCC2)c(C(=O)O)c1. The number of hydrogen-bond donors (Lipinski definition) is 2. The van der Waals surface area contributed by atoms with E-state index in [9.17, 15) is 18.3 Å². The van der Waals surface area contributed by atoms with Crippen LogP contribution in [-0.4, -0.2) is 51.2 Å². The van der Waals surface area contributed by atoms with Crippen molar-refractivity contribution in [2.24, 2.45) is 0 Å². The van der Waals surface area contributed by atoms with E-state index in [1.54, 1.807) is 30.3 Å². The number of sulfonamides is 1. The second-order valence-corrected chi connectivity index (χ2v) is 8.77. The lowest BCUT2D eigenvalue weighted by molar-refractivity contribution is 0.0697. The van der Waals surface area contributed by atoms with Gasteiger partial charge < -0.3 is 14.7 Å². The molecular formula is C18H20N2O5S2. The molecule has 1 heterocycles. The molecule has 0 spiro atoms. The fourth-order valence-corrected chi connectivity index (χ4v) is 5.03. The van der Waals surface area contributed by atoms with Crippen LogP contribution in [0.25, 0.3) is 0 Å². The Morgan fingerprint density at radius 3 is 2.56 bits per heavy atom. The van der Waals surface area contributed by atoms with Gasteiger partial charge >= 0.3 is 5.97 Å². The topological polar surface area (TPSA) is 95.9 Å². The zero-order chi connectivity index (χ0) is 19.4. The average molecular weight is 409 g/mol. The van der Waals surface area contributed by atoms with E-state index in [0.29, 0.717) is 5.69 Å². The van der Waals surface area contributed by atoms with Crippen LogP contribution in [0, 0.1) is 0 Å². The number of carbonyl (C=O) groups is 1. The molecule has 0 radical (unpaired) electrons. The normalized spacial score (nSPS) is 14.6. The first-order valence-electron chi connectivity index (χ1n) is 8.28. The lowest BCUT2D eigenvalue weighted by Crippen LogP contribution is -2.33. The van der Waals surface area contributed by atoms with Crippen molar-refractivity contribution in [2.75, 3.05) is 41.3 Å². The molecule has 27 heavy (non-hydrogen) atoms. The van der Waals surface area contributed by atoms with Crippen LogP contribution >= 0.6 is 11.8 Å². The number of rotatable bonds is 6. The fraction of sp³-hybridized carbons (Fsp3) is 0.278. The van der Waals surface area contributed by atoms with Gasteiger partial charge in [0.05, 0.1) is 18.4 Å². The first kappa shape index (κ1) is 19.4. The third-order valence-electron chi connectivity index (χ3n) is 4.19. The average Bonchev–Trinajstić information content (AvgIpc) is 2.68. The van der Waals surface area contributed by atoms with Crippen LogP contribution in [0.4, 0.5) is 11.4 Å². The highest BCUT2D eigenvalue weighted by Gasteiger charge is 2.22. The van der Waals surface area contributed by atoms with Crippen LogP contribution in [0.5, 0.6) is 5.75 Å². The number of benzene rings is 2. The van der Waals surface area contributed by atoms with E-state index in [-0.39, 0.29) is 21.9 Å². The highest BCUT2D eigenvalue weighted by Crippen LogP contribution is 2.29. The van der Waals surface area contributed by atoms with Gasteiger partial charge in [0.1, 0.15) is 10.6 Å². The number of carboxylic acids is 1. The summed E-state index contributed by atoms with van der Waals surface area (Å²) in [5.74, 6) is 0.982. The summed E-state index contributed by atoms with van der Waals surface area (Å²) in [6.07, 6.45) is 0. The third kappa shape index (κ3) is 4.30. The number of carboxylic acid groups (broad SMARTS) is 1. The zero-order valence-electron chi connectivity index (χ0n) is 14.7. The number of nitrogens with zero attached hydrogens (tertiary/aromatic N) is 1. The molecule has 0 amide bonds. The van der Waals surface area contributed by atoms with Crippen molar-refractivity contribution in [3.8, 4) is 5.75 Å². The number of ether oxygens (including phenoxy) is 1. The van der Waals surface area contributed by atoms with Crippen molar-refractivity contribution in [1.82, 2.24) is 0 Å². The van der Waals surface area contributed by atoms with Crippen molar-refractivity contribution in [1.29, 1.82) is 0 Å². The molecule has 0 aromatic heterocycles. The van der Waals surface area contributed by atoms with Gasteiger partial charge in [-0.2, -0.15) is 11.8 Å². The number of anilines is 2. The van der Waals surface area contributed by atoms with E-state index in [0.717, 1.165) is 24.6 Å². The van der Waals surface area contributed by atoms with Gasteiger partial charge in [-0.3, -0.25) is 4.72 Å². The summed E-state index contributed by atoms with van der Waals surface area (Å²) >= 11 is 1.83. The monoisotopic (exact) mass is 408 g/mol. The molecule has 1 aliphatic rings. The van der Waals surface area contributed by atoms with Gasteiger partial charge in [0.2, 0.25) is 0 Å². The summed E-state index contributed by atoms with van der Waals surface area (Å²) in [6, 6.07) is 10.8. The second kappa shape index (κ2) is 8.10. The minimum atomic E-state index is -3.92. The van der Waals surface area contributed by atoms with Crippen molar-refractivity contribution in [3.05, 3.63) is 48.0 Å². The highest BCUT2D eigenvalue weighted by molar-refractivity contribution is 7.99. The van der Waals surface area contributed by atoms with E-state index >= 15 is 0 Å².